The van der Waals surface area contributed by atoms with Crippen LogP contribution in [0.2, 0.25) is 0 Å². The number of rotatable bonds is 11. The molecule has 408 valence electrons. The fourth-order valence-electron chi connectivity index (χ4n) is 10.8. The van der Waals surface area contributed by atoms with Crippen LogP contribution in [0.3, 0.4) is 0 Å². The average molecular weight is 1030 g/mol. The highest BCUT2D eigenvalue weighted by molar-refractivity contribution is 7.53. The average Bonchev–Trinajstić information content (AvgIpc) is 3.35. The molecule has 1 saturated carbocycles. The number of piperidine rings is 1. The number of allylic oxidation sites excluding steroid dienone is 6. The van der Waals surface area contributed by atoms with Gasteiger partial charge in [-0.25, -0.2) is 4.79 Å². The first-order chi connectivity index (χ1) is 34.0. The fraction of sp³-hybridized carbons (Fsp3) is 0.764. The quantitative estimate of drug-likeness (QED) is 0.0861. The lowest BCUT2D eigenvalue weighted by atomic mass is 9.78. The SMILES string of the molecule is CCCOP(C)(=O)O[C@@H]1CCC(C[C@@H](C)C2CC(=O)[C@H](C)/C=C(\C)[C@@H](O)[C@@H](OC)C(=O)[C@H](C)C[C@H](C)/C=C/C=C/C=C(\C)[C@@H](OC)C[C@@H]3CC[C@@H](C)[C@@](O)(O3)C(=O)C(=O)N3CCCCC3C(=O)O2)C[C@H]1OC. The normalized spacial score (nSPS) is 38.6. The molecule has 0 aromatic rings. The van der Waals surface area contributed by atoms with Crippen molar-refractivity contribution in [3.05, 3.63) is 47.6 Å². The van der Waals surface area contributed by atoms with Gasteiger partial charge in [-0.2, -0.15) is 0 Å². The van der Waals surface area contributed by atoms with Gasteiger partial charge >= 0.3 is 13.6 Å². The van der Waals surface area contributed by atoms with E-state index in [1.54, 1.807) is 41.1 Å². The van der Waals surface area contributed by atoms with Gasteiger partial charge < -0.3 is 47.8 Å². The van der Waals surface area contributed by atoms with Gasteiger partial charge in [0.1, 0.15) is 30.1 Å². The van der Waals surface area contributed by atoms with E-state index >= 15 is 0 Å². The maximum Gasteiger partial charge on any atom is 0.329 e. The number of methoxy groups -OCH3 is 3. The van der Waals surface area contributed by atoms with E-state index in [1.807, 2.05) is 65.0 Å². The second-order valence-corrected chi connectivity index (χ2v) is 23.3. The molecule has 3 heterocycles. The van der Waals surface area contributed by atoms with Gasteiger partial charge in [0, 0.05) is 65.1 Å². The molecule has 4 aliphatic rings. The largest absolute Gasteiger partial charge is 0.460 e. The summed E-state index contributed by atoms with van der Waals surface area (Å²) in [6.07, 6.45) is 11.5. The molecule has 0 radical (unpaired) electrons. The number of hydrogen-bond donors (Lipinski definition) is 2. The first-order valence-electron chi connectivity index (χ1n) is 26.4. The van der Waals surface area contributed by atoms with Crippen molar-refractivity contribution < 1.29 is 71.5 Å². The van der Waals surface area contributed by atoms with Crippen LogP contribution >= 0.6 is 7.60 Å². The van der Waals surface area contributed by atoms with E-state index in [9.17, 15) is 38.8 Å². The molecule has 16 atom stereocenters. The molecule has 0 aromatic heterocycles. The third-order valence-corrected chi connectivity index (χ3v) is 16.6. The lowest BCUT2D eigenvalue weighted by Gasteiger charge is -2.42. The molecule has 72 heavy (non-hydrogen) atoms. The van der Waals surface area contributed by atoms with Crippen molar-refractivity contribution in [2.45, 2.75) is 193 Å². The van der Waals surface area contributed by atoms with E-state index in [-0.39, 0.29) is 42.8 Å². The van der Waals surface area contributed by atoms with E-state index < -0.39 is 103 Å². The number of ketones is 3. The number of nitrogens with zero attached hydrogens (tertiary/aromatic N) is 1. The molecule has 17 heteroatoms. The number of Topliss-reactive ketones (excluding diaryl/α,β-unsaturated/α-hetero) is 3. The van der Waals surface area contributed by atoms with Crippen LogP contribution in [0.4, 0.5) is 0 Å². The Morgan fingerprint density at radius 1 is 0.875 bits per heavy atom. The summed E-state index contributed by atoms with van der Waals surface area (Å²) < 4.78 is 54.4. The molecular weight excluding hydrogens is 946 g/mol. The maximum absolute atomic E-state index is 14.5. The van der Waals surface area contributed by atoms with Crippen LogP contribution in [-0.4, -0.2) is 140 Å². The Morgan fingerprint density at radius 3 is 2.26 bits per heavy atom. The number of carbonyl (C=O) groups is 5. The Balaban J connectivity index is 1.69. The van der Waals surface area contributed by atoms with Crippen LogP contribution in [0.25, 0.3) is 0 Å². The fourth-order valence-corrected chi connectivity index (χ4v) is 12.1. The summed E-state index contributed by atoms with van der Waals surface area (Å²) in [6, 6.07) is -1.17. The summed E-state index contributed by atoms with van der Waals surface area (Å²) in [4.78, 5) is 72.5. The number of aliphatic hydroxyl groups excluding tert-OH is 1. The molecule has 1 amide bonds. The van der Waals surface area contributed by atoms with E-state index in [0.29, 0.717) is 82.8 Å². The molecule has 2 bridgehead atoms. The topological polar surface area (TPSA) is 211 Å². The molecule has 1 aliphatic carbocycles. The van der Waals surface area contributed by atoms with Gasteiger partial charge in [0.2, 0.25) is 5.79 Å². The maximum atomic E-state index is 14.5. The van der Waals surface area contributed by atoms with E-state index in [2.05, 4.69) is 0 Å². The number of esters is 1. The zero-order chi connectivity index (χ0) is 53.5. The first kappa shape index (κ1) is 61.4. The second kappa shape index (κ2) is 28.6. The second-order valence-electron chi connectivity index (χ2n) is 21.3. The lowest BCUT2D eigenvalue weighted by molar-refractivity contribution is -0.265. The number of ether oxygens (including phenoxy) is 5. The van der Waals surface area contributed by atoms with Crippen molar-refractivity contribution in [3.8, 4) is 0 Å². The summed E-state index contributed by atoms with van der Waals surface area (Å²) in [5.74, 6) is -8.26. The molecule has 2 saturated heterocycles. The molecule has 4 rings (SSSR count). The van der Waals surface area contributed by atoms with Gasteiger partial charge in [-0.1, -0.05) is 78.0 Å². The van der Waals surface area contributed by atoms with Crippen LogP contribution < -0.4 is 0 Å². The first-order valence-corrected chi connectivity index (χ1v) is 28.4. The Kier molecular flexibility index (Phi) is 24.4. The molecule has 16 nitrogen and oxygen atoms in total. The highest BCUT2D eigenvalue weighted by Gasteiger charge is 2.53. The standard InChI is InChI=1S/C55H88NO15P/c1-13-27-68-72(12,64)71-45-25-23-41(31-48(45)66-10)30-37(5)47-33-44(57)36(4)29-39(7)50(59)51(67-11)49(58)38(6)28-34(2)19-15-14-16-20-35(3)46(65-9)32-42-24-22-40(8)55(63,70-42)52(60)53(61)56-26-18-17-21-43(56)54(62)69-47/h14-16,19-20,29,34,36-38,40-43,45-48,50-51,59,63H,13,17-18,21-28,30-33H2,1-12H3/b16-14+,19-15+,35-20+,39-29+/t34-,36-,37-,38-,40-,41?,42+,43?,45-,46+,47?,48-,50-,51+,55-,72?/m1/s1. The number of fused-ring (bicyclic) bond motifs is 3. The van der Waals surface area contributed by atoms with Crippen molar-refractivity contribution >= 4 is 36.8 Å². The van der Waals surface area contributed by atoms with Gasteiger partial charge in [-0.15, -0.1) is 0 Å². The molecule has 0 spiro atoms. The van der Waals surface area contributed by atoms with E-state index in [4.69, 9.17) is 32.7 Å². The zero-order valence-corrected chi connectivity index (χ0v) is 46.1. The summed E-state index contributed by atoms with van der Waals surface area (Å²) in [5, 5.41) is 23.5. The van der Waals surface area contributed by atoms with Crippen LogP contribution in [0.1, 0.15) is 139 Å². The number of amides is 1. The lowest BCUT2D eigenvalue weighted by Crippen LogP contribution is -2.61. The van der Waals surface area contributed by atoms with Crippen molar-refractivity contribution in [2.75, 3.05) is 41.1 Å². The number of carbonyl (C=O) groups excluding carboxylic acids is 5. The molecule has 3 aliphatic heterocycles. The third kappa shape index (κ3) is 16.9. The molecule has 0 aromatic carbocycles. The Bertz CT molecular complexity index is 2000. The Labute approximate surface area is 429 Å². The Hall–Kier alpha value is -3.18. The van der Waals surface area contributed by atoms with E-state index in [1.165, 1.54) is 18.7 Å². The summed E-state index contributed by atoms with van der Waals surface area (Å²) in [5.41, 5.74) is 1.25. The van der Waals surface area contributed by atoms with Crippen LogP contribution in [0.15, 0.2) is 47.6 Å². The van der Waals surface area contributed by atoms with Crippen molar-refractivity contribution in [1.29, 1.82) is 0 Å². The van der Waals surface area contributed by atoms with Crippen LogP contribution in [-0.2, 0) is 61.3 Å². The van der Waals surface area contributed by atoms with Crippen LogP contribution in [0, 0.1) is 35.5 Å². The summed E-state index contributed by atoms with van der Waals surface area (Å²) >= 11 is 0. The summed E-state index contributed by atoms with van der Waals surface area (Å²) in [7, 11) is 1.20. The van der Waals surface area contributed by atoms with Gasteiger partial charge in [0.15, 0.2) is 5.78 Å². The highest BCUT2D eigenvalue weighted by Crippen LogP contribution is 2.49. The Morgan fingerprint density at radius 2 is 1.60 bits per heavy atom. The monoisotopic (exact) mass is 1030 g/mol. The predicted molar refractivity (Wildman–Crippen MR) is 274 cm³/mol. The van der Waals surface area contributed by atoms with Gasteiger partial charge in [0.05, 0.1) is 31.0 Å². The third-order valence-electron chi connectivity index (χ3n) is 15.3. The minimum Gasteiger partial charge on any atom is -0.460 e. The molecule has 3 fully saturated rings. The van der Waals surface area contributed by atoms with Crippen LogP contribution in [0.5, 0.6) is 0 Å². The smallest absolute Gasteiger partial charge is 0.329 e. The minimum atomic E-state index is -3.33. The number of hydrogen-bond acceptors (Lipinski definition) is 15. The van der Waals surface area contributed by atoms with Crippen molar-refractivity contribution in [2.24, 2.45) is 35.5 Å². The van der Waals surface area contributed by atoms with Gasteiger partial charge in [-0.05, 0) is 113 Å². The summed E-state index contributed by atoms with van der Waals surface area (Å²) in [6.45, 7) is 16.4. The van der Waals surface area contributed by atoms with Crippen molar-refractivity contribution in [3.63, 3.8) is 0 Å². The van der Waals surface area contributed by atoms with Crippen molar-refractivity contribution in [1.82, 2.24) is 4.90 Å². The number of aliphatic hydroxyl groups is 2. The molecule has 2 N–H and O–H groups in total. The van der Waals surface area contributed by atoms with E-state index in [0.717, 1.165) is 5.57 Å². The zero-order valence-electron chi connectivity index (χ0n) is 45.2. The predicted octanol–water partition coefficient (Wildman–Crippen LogP) is 8.45. The molecular formula is C55H88NO15P. The highest BCUT2D eigenvalue weighted by atomic mass is 31.2. The minimum absolute atomic E-state index is 0.00646. The number of cyclic esters (lactones) is 1. The molecule has 4 unspecified atom stereocenters. The van der Waals surface area contributed by atoms with Gasteiger partial charge in [-0.3, -0.25) is 23.7 Å². The van der Waals surface area contributed by atoms with Gasteiger partial charge in [0.25, 0.3) is 11.7 Å².